The SMILES string of the molecule is Cc1cccc(OCCN2CC3CCCC3C2C(=O)O)c1. The van der Waals surface area contributed by atoms with E-state index in [1.54, 1.807) is 0 Å². The number of hydrogen-bond donors (Lipinski definition) is 1. The van der Waals surface area contributed by atoms with Crippen molar-refractivity contribution in [3.05, 3.63) is 29.8 Å². The van der Waals surface area contributed by atoms with Crippen LogP contribution in [-0.2, 0) is 4.79 Å². The maximum atomic E-state index is 11.5. The summed E-state index contributed by atoms with van der Waals surface area (Å²) in [7, 11) is 0. The van der Waals surface area contributed by atoms with E-state index < -0.39 is 5.97 Å². The van der Waals surface area contributed by atoms with Crippen LogP contribution in [0.5, 0.6) is 5.75 Å². The van der Waals surface area contributed by atoms with Gasteiger partial charge in [0.05, 0.1) is 0 Å². The van der Waals surface area contributed by atoms with Crippen LogP contribution in [0, 0.1) is 18.8 Å². The summed E-state index contributed by atoms with van der Waals surface area (Å²) in [5, 5.41) is 9.50. The quantitative estimate of drug-likeness (QED) is 0.905. The second-order valence-electron chi connectivity index (χ2n) is 6.30. The summed E-state index contributed by atoms with van der Waals surface area (Å²) in [6.45, 7) is 4.19. The highest BCUT2D eigenvalue weighted by atomic mass is 16.5. The molecule has 3 rings (SSSR count). The molecule has 1 saturated heterocycles. The van der Waals surface area contributed by atoms with Gasteiger partial charge in [-0.1, -0.05) is 18.6 Å². The Bertz CT molecular complexity index is 517. The minimum absolute atomic E-state index is 0.307. The number of hydrogen-bond acceptors (Lipinski definition) is 3. The van der Waals surface area contributed by atoms with Gasteiger partial charge in [-0.25, -0.2) is 0 Å². The first-order valence-electron chi connectivity index (χ1n) is 7.81. The van der Waals surface area contributed by atoms with Gasteiger partial charge in [-0.15, -0.1) is 0 Å². The number of fused-ring (bicyclic) bond motifs is 1. The van der Waals surface area contributed by atoms with Crippen LogP contribution in [-0.4, -0.2) is 41.7 Å². The van der Waals surface area contributed by atoms with Crippen molar-refractivity contribution in [1.82, 2.24) is 4.90 Å². The van der Waals surface area contributed by atoms with Crippen LogP contribution in [0.2, 0.25) is 0 Å². The third kappa shape index (κ3) is 3.05. The lowest BCUT2D eigenvalue weighted by molar-refractivity contribution is -0.143. The monoisotopic (exact) mass is 289 g/mol. The highest BCUT2D eigenvalue weighted by Gasteiger charge is 2.47. The molecule has 1 aromatic rings. The zero-order valence-corrected chi connectivity index (χ0v) is 12.5. The number of carbonyl (C=O) groups is 1. The molecule has 114 valence electrons. The van der Waals surface area contributed by atoms with E-state index in [9.17, 15) is 9.90 Å². The standard InChI is InChI=1S/C17H23NO3/c1-12-4-2-6-14(10-12)21-9-8-18-11-13-5-3-7-15(13)16(18)17(19)20/h2,4,6,10,13,15-16H,3,5,7-9,11H2,1H3,(H,19,20). The molecular formula is C17H23NO3. The Hall–Kier alpha value is -1.55. The lowest BCUT2D eigenvalue weighted by Gasteiger charge is -2.24. The molecule has 0 spiro atoms. The van der Waals surface area contributed by atoms with Crippen LogP contribution in [0.4, 0.5) is 0 Å². The van der Waals surface area contributed by atoms with Gasteiger partial charge in [0.1, 0.15) is 18.4 Å². The van der Waals surface area contributed by atoms with Crippen molar-refractivity contribution in [2.24, 2.45) is 11.8 Å². The van der Waals surface area contributed by atoms with Gasteiger partial charge >= 0.3 is 5.97 Å². The summed E-state index contributed by atoms with van der Waals surface area (Å²) in [5.74, 6) is 1.12. The fourth-order valence-corrected chi connectivity index (χ4v) is 3.95. The number of aryl methyl sites for hydroxylation is 1. The van der Waals surface area contributed by atoms with Gasteiger partial charge in [-0.3, -0.25) is 9.69 Å². The van der Waals surface area contributed by atoms with Gasteiger partial charge in [0.15, 0.2) is 0 Å². The summed E-state index contributed by atoms with van der Waals surface area (Å²) in [5.41, 5.74) is 1.17. The number of rotatable bonds is 5. The van der Waals surface area contributed by atoms with Gasteiger partial charge in [-0.05, 0) is 49.3 Å². The van der Waals surface area contributed by atoms with Crippen LogP contribution >= 0.6 is 0 Å². The Balaban J connectivity index is 1.56. The second kappa shape index (κ2) is 6.06. The molecule has 0 amide bonds. The topological polar surface area (TPSA) is 49.8 Å². The van der Waals surface area contributed by atoms with Gasteiger partial charge in [0.2, 0.25) is 0 Å². The van der Waals surface area contributed by atoms with Gasteiger partial charge in [0.25, 0.3) is 0 Å². The second-order valence-corrected chi connectivity index (χ2v) is 6.30. The fourth-order valence-electron chi connectivity index (χ4n) is 3.95. The third-order valence-electron chi connectivity index (χ3n) is 4.88. The molecule has 3 atom stereocenters. The summed E-state index contributed by atoms with van der Waals surface area (Å²) in [4.78, 5) is 13.7. The molecule has 1 N–H and O–H groups in total. The number of aliphatic carboxylic acids is 1. The van der Waals surface area contributed by atoms with Crippen molar-refractivity contribution in [2.75, 3.05) is 19.7 Å². The lowest BCUT2D eigenvalue weighted by atomic mass is 9.94. The van der Waals surface area contributed by atoms with Crippen LogP contribution in [0.3, 0.4) is 0 Å². The first-order chi connectivity index (χ1) is 10.1. The van der Waals surface area contributed by atoms with E-state index in [0.29, 0.717) is 25.0 Å². The van der Waals surface area contributed by atoms with Gasteiger partial charge in [-0.2, -0.15) is 0 Å². The Kier molecular flexibility index (Phi) is 4.15. The van der Waals surface area contributed by atoms with E-state index in [0.717, 1.165) is 18.7 Å². The summed E-state index contributed by atoms with van der Waals surface area (Å²) < 4.78 is 5.76. The molecule has 0 aromatic heterocycles. The maximum Gasteiger partial charge on any atom is 0.321 e. The largest absolute Gasteiger partial charge is 0.492 e. The van der Waals surface area contributed by atoms with E-state index >= 15 is 0 Å². The molecule has 0 bridgehead atoms. The Labute approximate surface area is 125 Å². The number of nitrogens with zero attached hydrogens (tertiary/aromatic N) is 1. The van der Waals surface area contributed by atoms with Crippen molar-refractivity contribution in [2.45, 2.75) is 32.2 Å². The Morgan fingerprint density at radius 2 is 2.29 bits per heavy atom. The van der Waals surface area contributed by atoms with Crippen LogP contribution in [0.25, 0.3) is 0 Å². The van der Waals surface area contributed by atoms with Crippen LogP contribution < -0.4 is 4.74 Å². The number of benzene rings is 1. The number of carboxylic acid groups (broad SMARTS) is 1. The predicted octanol–water partition coefficient (Wildman–Crippen LogP) is 2.56. The van der Waals surface area contributed by atoms with E-state index in [2.05, 4.69) is 4.90 Å². The molecular weight excluding hydrogens is 266 g/mol. The molecule has 2 fully saturated rings. The average Bonchev–Trinajstić information content (AvgIpc) is 2.98. The third-order valence-corrected chi connectivity index (χ3v) is 4.88. The van der Waals surface area contributed by atoms with Crippen LogP contribution in [0.15, 0.2) is 24.3 Å². The molecule has 4 heteroatoms. The van der Waals surface area contributed by atoms with Crippen LogP contribution in [0.1, 0.15) is 24.8 Å². The normalized spacial score (nSPS) is 28.5. The zero-order valence-electron chi connectivity index (χ0n) is 12.5. The predicted molar refractivity (Wildman–Crippen MR) is 80.5 cm³/mol. The number of carboxylic acids is 1. The van der Waals surface area contributed by atoms with Gasteiger partial charge in [0, 0.05) is 13.1 Å². The lowest BCUT2D eigenvalue weighted by Crippen LogP contribution is -2.41. The highest BCUT2D eigenvalue weighted by Crippen LogP contribution is 2.42. The Morgan fingerprint density at radius 3 is 3.05 bits per heavy atom. The summed E-state index contributed by atoms with van der Waals surface area (Å²) >= 11 is 0. The molecule has 1 saturated carbocycles. The van der Waals surface area contributed by atoms with E-state index in [1.807, 2.05) is 31.2 Å². The first kappa shape index (κ1) is 14.4. The Morgan fingerprint density at radius 1 is 1.43 bits per heavy atom. The van der Waals surface area contributed by atoms with E-state index in [-0.39, 0.29) is 6.04 Å². The van der Waals surface area contributed by atoms with Crippen molar-refractivity contribution in [1.29, 1.82) is 0 Å². The maximum absolute atomic E-state index is 11.5. The van der Waals surface area contributed by atoms with Crippen molar-refractivity contribution >= 4 is 5.97 Å². The van der Waals surface area contributed by atoms with Crippen molar-refractivity contribution in [3.63, 3.8) is 0 Å². The van der Waals surface area contributed by atoms with Gasteiger partial charge < -0.3 is 9.84 Å². The molecule has 3 unspecified atom stereocenters. The summed E-state index contributed by atoms with van der Waals surface area (Å²) in [6.07, 6.45) is 3.44. The molecule has 1 aliphatic carbocycles. The molecule has 1 heterocycles. The number of likely N-dealkylation sites (tertiary alicyclic amines) is 1. The highest BCUT2D eigenvalue weighted by molar-refractivity contribution is 5.74. The van der Waals surface area contributed by atoms with E-state index in [4.69, 9.17) is 4.74 Å². The molecule has 1 aliphatic heterocycles. The average molecular weight is 289 g/mol. The molecule has 2 aliphatic rings. The van der Waals surface area contributed by atoms with Crippen molar-refractivity contribution in [3.8, 4) is 5.75 Å². The fraction of sp³-hybridized carbons (Fsp3) is 0.588. The molecule has 1 aromatic carbocycles. The zero-order chi connectivity index (χ0) is 14.8. The minimum Gasteiger partial charge on any atom is -0.492 e. The number of ether oxygens (including phenoxy) is 1. The molecule has 0 radical (unpaired) electrons. The first-order valence-corrected chi connectivity index (χ1v) is 7.81. The molecule has 4 nitrogen and oxygen atoms in total. The molecule has 21 heavy (non-hydrogen) atoms. The smallest absolute Gasteiger partial charge is 0.321 e. The minimum atomic E-state index is -0.667. The summed E-state index contributed by atoms with van der Waals surface area (Å²) in [6, 6.07) is 7.66. The van der Waals surface area contributed by atoms with Crippen molar-refractivity contribution < 1.29 is 14.6 Å². The van der Waals surface area contributed by atoms with E-state index in [1.165, 1.54) is 18.4 Å².